The van der Waals surface area contributed by atoms with Crippen LogP contribution >= 0.6 is 22.6 Å². The molecule has 2 amide bonds. The molecule has 0 unspecified atom stereocenters. The molecular formula is C19H29IN6O3Si. The molecule has 30 heavy (non-hydrogen) atoms. The van der Waals surface area contributed by atoms with E-state index in [9.17, 15) is 9.59 Å². The molecule has 1 fully saturated rings. The highest BCUT2D eigenvalue weighted by Crippen LogP contribution is 2.20. The lowest BCUT2D eigenvalue weighted by molar-refractivity contribution is -0.137. The molecule has 0 saturated carbocycles. The number of hydrogen-bond acceptors (Lipinski definition) is 6. The highest BCUT2D eigenvalue weighted by Gasteiger charge is 2.31. The first kappa shape index (κ1) is 23.1. The number of fused-ring (bicyclic) bond motifs is 1. The van der Waals surface area contributed by atoms with E-state index in [1.807, 2.05) is 0 Å². The average molecular weight is 544 g/mol. The van der Waals surface area contributed by atoms with Crippen molar-refractivity contribution >= 4 is 53.6 Å². The van der Waals surface area contributed by atoms with Crippen LogP contribution in [0.3, 0.4) is 0 Å². The van der Waals surface area contributed by atoms with Crippen molar-refractivity contribution in [3.8, 4) is 0 Å². The Balaban J connectivity index is 1.73. The van der Waals surface area contributed by atoms with Crippen molar-refractivity contribution in [2.24, 2.45) is 5.73 Å². The predicted octanol–water partition coefficient (Wildman–Crippen LogP) is 1.64. The monoisotopic (exact) mass is 544 g/mol. The van der Waals surface area contributed by atoms with Gasteiger partial charge in [0.2, 0.25) is 5.91 Å². The molecule has 164 valence electrons. The van der Waals surface area contributed by atoms with Crippen LogP contribution in [0.25, 0.3) is 11.2 Å². The van der Waals surface area contributed by atoms with Crippen molar-refractivity contribution in [3.05, 3.63) is 21.7 Å². The van der Waals surface area contributed by atoms with Crippen LogP contribution in [0.5, 0.6) is 0 Å². The van der Waals surface area contributed by atoms with Gasteiger partial charge in [-0.1, -0.05) is 19.6 Å². The summed E-state index contributed by atoms with van der Waals surface area (Å²) in [5, 5.41) is 2.78. The number of rotatable bonds is 8. The molecule has 3 rings (SSSR count). The fourth-order valence-corrected chi connectivity index (χ4v) is 4.28. The summed E-state index contributed by atoms with van der Waals surface area (Å²) in [6, 6.07) is 0.434. The number of amides is 2. The number of nitrogens with zero attached hydrogens (tertiary/aromatic N) is 4. The Morgan fingerprint density at radius 1 is 1.40 bits per heavy atom. The van der Waals surface area contributed by atoms with Gasteiger partial charge >= 0.3 is 0 Å². The minimum atomic E-state index is -1.18. The van der Waals surface area contributed by atoms with E-state index in [4.69, 9.17) is 10.5 Å². The van der Waals surface area contributed by atoms with E-state index >= 15 is 0 Å². The second-order valence-corrected chi connectivity index (χ2v) is 15.7. The minimum absolute atomic E-state index is 0.0214. The molecule has 1 aliphatic rings. The zero-order valence-corrected chi connectivity index (χ0v) is 21.0. The van der Waals surface area contributed by atoms with Gasteiger partial charge in [0.1, 0.15) is 22.0 Å². The van der Waals surface area contributed by atoms with Crippen LogP contribution in [0.15, 0.2) is 12.4 Å². The van der Waals surface area contributed by atoms with Crippen molar-refractivity contribution in [3.63, 3.8) is 0 Å². The molecule has 11 heteroatoms. The molecule has 3 N–H and O–H groups in total. The molecule has 3 heterocycles. The van der Waals surface area contributed by atoms with Gasteiger partial charge < -0.3 is 25.3 Å². The molecule has 0 bridgehead atoms. The van der Waals surface area contributed by atoms with E-state index in [0.717, 1.165) is 6.04 Å². The second-order valence-electron chi connectivity index (χ2n) is 8.92. The molecule has 0 radical (unpaired) electrons. The largest absolute Gasteiger partial charge is 0.361 e. The van der Waals surface area contributed by atoms with Crippen molar-refractivity contribution in [2.45, 2.75) is 51.4 Å². The Morgan fingerprint density at radius 2 is 2.10 bits per heavy atom. The van der Waals surface area contributed by atoms with Crippen LogP contribution in [0.1, 0.15) is 17.3 Å². The van der Waals surface area contributed by atoms with Gasteiger partial charge in [0, 0.05) is 40.0 Å². The third-order valence-corrected chi connectivity index (χ3v) is 7.17. The Labute approximate surface area is 190 Å². The maximum Gasteiger partial charge on any atom is 0.255 e. The van der Waals surface area contributed by atoms with E-state index in [2.05, 4.69) is 57.5 Å². The molecule has 9 nitrogen and oxygen atoms in total. The van der Waals surface area contributed by atoms with Gasteiger partial charge in [0.25, 0.3) is 5.91 Å². The van der Waals surface area contributed by atoms with Gasteiger partial charge in [-0.2, -0.15) is 0 Å². The summed E-state index contributed by atoms with van der Waals surface area (Å²) in [5.74, 6) is -0.494. The fraction of sp³-hybridized carbons (Fsp3) is 0.579. The zero-order valence-electron chi connectivity index (χ0n) is 17.8. The summed E-state index contributed by atoms with van der Waals surface area (Å²) >= 11 is 2.07. The lowest BCUT2D eigenvalue weighted by Gasteiger charge is -2.38. The summed E-state index contributed by atoms with van der Waals surface area (Å²) in [7, 11) is -1.18. The second kappa shape index (κ2) is 9.28. The number of carbonyl (C=O) groups excluding carboxylic acids is 2. The number of hydrogen-bond donors (Lipinski definition) is 2. The molecule has 1 saturated heterocycles. The first-order chi connectivity index (χ1) is 14.0. The van der Waals surface area contributed by atoms with Crippen molar-refractivity contribution < 1.29 is 14.3 Å². The maximum absolute atomic E-state index is 12.9. The molecular weight excluding hydrogens is 515 g/mol. The van der Waals surface area contributed by atoms with E-state index < -0.39 is 14.1 Å². The predicted molar refractivity (Wildman–Crippen MR) is 126 cm³/mol. The third-order valence-electron chi connectivity index (χ3n) is 4.95. The molecule has 0 aliphatic carbocycles. The van der Waals surface area contributed by atoms with Crippen molar-refractivity contribution in [1.29, 1.82) is 0 Å². The van der Waals surface area contributed by atoms with E-state index in [0.29, 0.717) is 46.9 Å². The van der Waals surface area contributed by atoms with Crippen molar-refractivity contribution in [1.82, 2.24) is 24.8 Å². The van der Waals surface area contributed by atoms with Crippen LogP contribution in [-0.4, -0.2) is 71.1 Å². The van der Waals surface area contributed by atoms with Gasteiger partial charge in [0.05, 0.1) is 11.8 Å². The standard InChI is InChI=1S/C19H29IN6O3Si/c1-12(19(28)25-8-13(21)9-25)23-18(27)14-10-26(11-29-5-6-30(2,3)4)17-16(14)24-15(20)7-22-17/h7,10,12-13H,5-6,8-9,11,21H2,1-4H3,(H,23,27)/t12-/m1/s1. The molecule has 0 aromatic carbocycles. The summed E-state index contributed by atoms with van der Waals surface area (Å²) in [5.41, 5.74) is 7.21. The van der Waals surface area contributed by atoms with Crippen LogP contribution < -0.4 is 11.1 Å². The Hall–Kier alpha value is -1.57. The summed E-state index contributed by atoms with van der Waals surface area (Å²) in [4.78, 5) is 35.9. The van der Waals surface area contributed by atoms with Gasteiger partial charge in [-0.25, -0.2) is 9.97 Å². The summed E-state index contributed by atoms with van der Waals surface area (Å²) < 4.78 is 8.31. The first-order valence-electron chi connectivity index (χ1n) is 9.99. The number of likely N-dealkylation sites (tertiary alicyclic amines) is 1. The highest BCUT2D eigenvalue weighted by atomic mass is 127. The van der Waals surface area contributed by atoms with E-state index in [1.165, 1.54) is 0 Å². The lowest BCUT2D eigenvalue weighted by atomic mass is 10.1. The Kier molecular flexibility index (Phi) is 7.15. The smallest absolute Gasteiger partial charge is 0.255 e. The number of nitrogens with one attached hydrogen (secondary N) is 1. The van der Waals surface area contributed by atoms with Gasteiger partial charge in [0.15, 0.2) is 5.65 Å². The van der Waals surface area contributed by atoms with E-state index in [-0.39, 0.29) is 17.9 Å². The number of ether oxygens (including phenoxy) is 1. The number of carbonyl (C=O) groups is 2. The van der Waals surface area contributed by atoms with Crippen LogP contribution in [0.4, 0.5) is 0 Å². The molecule has 2 aromatic heterocycles. The van der Waals surface area contributed by atoms with Gasteiger partial charge in [-0.3, -0.25) is 9.59 Å². The Morgan fingerprint density at radius 3 is 2.73 bits per heavy atom. The van der Waals surface area contributed by atoms with Crippen molar-refractivity contribution in [2.75, 3.05) is 19.7 Å². The topological polar surface area (TPSA) is 115 Å². The molecule has 0 spiro atoms. The number of aromatic nitrogens is 3. The molecule has 1 atom stereocenters. The third kappa shape index (κ3) is 5.56. The van der Waals surface area contributed by atoms with Gasteiger partial charge in [-0.05, 0) is 35.6 Å². The maximum atomic E-state index is 12.9. The average Bonchev–Trinajstić information content (AvgIpc) is 2.99. The van der Waals surface area contributed by atoms with Crippen LogP contribution in [-0.2, 0) is 16.3 Å². The Bertz CT molecular complexity index is 938. The zero-order chi connectivity index (χ0) is 22.1. The normalized spacial score (nSPS) is 15.9. The fourth-order valence-electron chi connectivity index (χ4n) is 3.14. The number of halogens is 1. The summed E-state index contributed by atoms with van der Waals surface area (Å²) in [6.45, 7) is 10.6. The van der Waals surface area contributed by atoms with Gasteiger partial charge in [-0.15, -0.1) is 0 Å². The molecule has 1 aliphatic heterocycles. The van der Waals surface area contributed by atoms with Crippen LogP contribution in [0, 0.1) is 3.70 Å². The van der Waals surface area contributed by atoms with E-state index in [1.54, 1.807) is 28.8 Å². The quantitative estimate of drug-likeness (QED) is 0.297. The number of nitrogens with two attached hydrogens (primary N) is 1. The molecule has 2 aromatic rings. The summed E-state index contributed by atoms with van der Waals surface area (Å²) in [6.07, 6.45) is 3.35. The highest BCUT2D eigenvalue weighted by molar-refractivity contribution is 14.1. The lowest BCUT2D eigenvalue weighted by Crippen LogP contribution is -2.61. The van der Waals surface area contributed by atoms with Crippen LogP contribution in [0.2, 0.25) is 25.7 Å². The SMILES string of the molecule is C[C@@H](NC(=O)c1cn(COCC[Si](C)(C)C)c2ncc(I)nc12)C(=O)N1CC(N)C1. The first-order valence-corrected chi connectivity index (χ1v) is 14.8. The minimum Gasteiger partial charge on any atom is -0.361 e.